The lowest BCUT2D eigenvalue weighted by atomic mass is 10.1. The number of ether oxygens (including phenoxy) is 2. The van der Waals surface area contributed by atoms with Crippen LogP contribution in [0.5, 0.6) is 0 Å². The Morgan fingerprint density at radius 3 is 1.57 bits per heavy atom. The molecule has 3 saturated heterocycles. The highest BCUT2D eigenvalue weighted by molar-refractivity contribution is 7.33. The number of imidazole rings is 2. The van der Waals surface area contributed by atoms with Crippen LogP contribution in [0, 0.1) is 0 Å². The molecule has 18 nitrogen and oxygen atoms in total. The van der Waals surface area contributed by atoms with E-state index < -0.39 is 78.9 Å². The maximum absolute atomic E-state index is 15.6. The first-order valence-corrected chi connectivity index (χ1v) is 14.5. The van der Waals surface area contributed by atoms with E-state index in [0.717, 1.165) is 0 Å². The lowest BCUT2D eigenvalue weighted by Crippen LogP contribution is -2.33. The molecule has 0 amide bonds. The number of hydrogen-bond acceptors (Lipinski definition) is 16. The number of anilines is 2. The molecule has 0 radical (unpaired) electrons. The van der Waals surface area contributed by atoms with E-state index in [0.29, 0.717) is 0 Å². The van der Waals surface area contributed by atoms with Crippen LogP contribution in [0.3, 0.4) is 0 Å². The minimum Gasteiger partial charge on any atom is -0.382 e. The van der Waals surface area contributed by atoms with E-state index >= 15 is 8.78 Å². The zero-order valence-corrected chi connectivity index (χ0v) is 22.8. The van der Waals surface area contributed by atoms with Gasteiger partial charge < -0.3 is 20.9 Å². The molecule has 7 heterocycles. The van der Waals surface area contributed by atoms with E-state index in [4.69, 9.17) is 39.0 Å². The third-order valence-electron chi connectivity index (χ3n) is 6.96. The Bertz CT molecular complexity index is 1580. The monoisotopic (exact) mass is 628 g/mol. The molecule has 0 aliphatic carbocycles. The normalized spacial score (nSPS) is 34.2. The molecule has 4 aromatic rings. The molecule has 3 fully saturated rings. The Balaban J connectivity index is 1.17. The molecular weight excluding hydrogens is 608 g/mol. The van der Waals surface area contributed by atoms with Gasteiger partial charge in [0.25, 0.3) is 0 Å². The summed E-state index contributed by atoms with van der Waals surface area (Å²) in [7, 11) is -6.07. The maximum Gasteiger partial charge on any atom is 0.698 e. The van der Waals surface area contributed by atoms with Crippen LogP contribution in [-0.4, -0.2) is 89.0 Å². The van der Waals surface area contributed by atoms with Crippen molar-refractivity contribution in [1.82, 2.24) is 39.0 Å². The van der Waals surface area contributed by atoms with Crippen LogP contribution >= 0.6 is 16.5 Å². The Morgan fingerprint density at radius 2 is 1.14 bits per heavy atom. The van der Waals surface area contributed by atoms with Gasteiger partial charge in [-0.05, 0) is 0 Å². The lowest BCUT2D eigenvalue weighted by Gasteiger charge is -2.17. The summed E-state index contributed by atoms with van der Waals surface area (Å²) in [5.41, 5.74) is 12.5. The van der Waals surface area contributed by atoms with Crippen LogP contribution in [0.15, 0.2) is 25.3 Å². The smallest absolute Gasteiger partial charge is 0.382 e. The predicted molar refractivity (Wildman–Crippen MR) is 134 cm³/mol. The van der Waals surface area contributed by atoms with Gasteiger partial charge in [-0.25, -0.2) is 38.7 Å². The third kappa shape index (κ3) is 4.56. The van der Waals surface area contributed by atoms with Gasteiger partial charge in [0, 0.05) is 9.13 Å². The summed E-state index contributed by atoms with van der Waals surface area (Å²) in [4.78, 5) is 24.2. The Morgan fingerprint density at radius 1 is 0.714 bits per heavy atom. The van der Waals surface area contributed by atoms with Gasteiger partial charge in [0.1, 0.15) is 49.1 Å². The van der Waals surface area contributed by atoms with Crippen LogP contribution in [0.1, 0.15) is 12.5 Å². The van der Waals surface area contributed by atoms with Crippen molar-refractivity contribution in [2.45, 2.75) is 49.2 Å². The number of nitrogens with two attached hydrogens (primary N) is 2. The lowest BCUT2D eigenvalue weighted by molar-refractivity contribution is -0.0566. The standard InChI is InChI=1S/C20H20F2N10O8P2/c21-9-7-1-35-41(33)39-14-10(22)8(38-20(14)32-6-30-12-16(24)26-4-28-18(12)32)2-36-42(34)40-13(9)19(37-7)31-5-29-11-15(23)25-3-27-17(11)31/h3-10,13-14,19-20H,1-2H2,(H2,23,25,27)(H2,24,26,28)/q+2/t7-,8-,9-,10-,13-,14-,19-,20-/m1/s1. The Kier molecular flexibility index (Phi) is 6.94. The van der Waals surface area contributed by atoms with Crippen molar-refractivity contribution in [2.24, 2.45) is 0 Å². The van der Waals surface area contributed by atoms with Gasteiger partial charge in [-0.1, -0.05) is 0 Å². The molecule has 2 unspecified atom stereocenters. The van der Waals surface area contributed by atoms with Gasteiger partial charge in [0.2, 0.25) is 0 Å². The summed E-state index contributed by atoms with van der Waals surface area (Å²) in [5.74, 6) is 0.142. The van der Waals surface area contributed by atoms with Crippen molar-refractivity contribution in [3.05, 3.63) is 25.3 Å². The average molecular weight is 628 g/mol. The molecule has 0 aromatic carbocycles. The Hall–Kier alpha value is -3.48. The van der Waals surface area contributed by atoms with Crippen molar-refractivity contribution in [3.63, 3.8) is 0 Å². The molecule has 7 rings (SSSR count). The summed E-state index contributed by atoms with van der Waals surface area (Å²) in [5, 5.41) is 0. The SMILES string of the molecule is Nc1ncnc2c1ncn2[C@@H]1O[C@@H]2CO[P+](=O)O[C@@H]3[C@H](F)[C@@H](CO[P+](=O)O[C@@H]1[C@@H]2F)O[C@H]3n1cnc2c(N)ncnc21. The molecule has 42 heavy (non-hydrogen) atoms. The number of nitrogens with zero attached hydrogens (tertiary/aromatic N) is 8. The van der Waals surface area contributed by atoms with E-state index in [1.165, 1.54) is 34.4 Å². The van der Waals surface area contributed by atoms with E-state index in [1.807, 2.05) is 0 Å². The number of nitrogen functional groups attached to an aromatic ring is 2. The number of hydrogen-bond donors (Lipinski definition) is 2. The quantitative estimate of drug-likeness (QED) is 0.299. The molecule has 3 aliphatic rings. The van der Waals surface area contributed by atoms with E-state index in [1.54, 1.807) is 0 Å². The molecule has 4 N–H and O–H groups in total. The third-order valence-corrected chi connectivity index (χ3v) is 8.51. The van der Waals surface area contributed by atoms with E-state index in [-0.39, 0.29) is 34.0 Å². The topological polar surface area (TPSA) is 229 Å². The molecule has 220 valence electrons. The van der Waals surface area contributed by atoms with Gasteiger partial charge >= 0.3 is 16.5 Å². The fourth-order valence-electron chi connectivity index (χ4n) is 4.97. The number of fused-ring (bicyclic) bond motifs is 6. The summed E-state index contributed by atoms with van der Waals surface area (Å²) in [6.45, 7) is -1.21. The van der Waals surface area contributed by atoms with Gasteiger partial charge in [0.05, 0.1) is 12.7 Å². The first-order valence-electron chi connectivity index (χ1n) is 12.3. The molecule has 0 saturated carbocycles. The van der Waals surface area contributed by atoms with Crippen molar-refractivity contribution in [2.75, 3.05) is 24.7 Å². The summed E-state index contributed by atoms with van der Waals surface area (Å²) >= 11 is 0. The number of halogens is 2. The second-order valence-corrected chi connectivity index (χ2v) is 11.2. The zero-order valence-electron chi connectivity index (χ0n) is 21.0. The van der Waals surface area contributed by atoms with Crippen molar-refractivity contribution < 1.29 is 45.5 Å². The molecule has 4 bridgehead atoms. The van der Waals surface area contributed by atoms with Crippen LogP contribution in [-0.2, 0) is 36.7 Å². The van der Waals surface area contributed by atoms with Crippen LogP contribution in [0.25, 0.3) is 22.3 Å². The molecule has 3 aliphatic heterocycles. The number of rotatable bonds is 2. The van der Waals surface area contributed by atoms with Crippen molar-refractivity contribution in [3.8, 4) is 0 Å². The van der Waals surface area contributed by atoms with Crippen molar-refractivity contribution >= 4 is 50.5 Å². The van der Waals surface area contributed by atoms with Gasteiger partial charge in [-0.2, -0.15) is 0 Å². The van der Waals surface area contributed by atoms with Crippen LogP contribution in [0.4, 0.5) is 20.4 Å². The van der Waals surface area contributed by atoms with E-state index in [2.05, 4.69) is 29.9 Å². The minimum atomic E-state index is -3.03. The maximum atomic E-state index is 15.6. The molecule has 22 heteroatoms. The first kappa shape index (κ1) is 27.4. The second-order valence-electron chi connectivity index (χ2n) is 9.36. The number of alkyl halides is 2. The fourth-order valence-corrected chi connectivity index (χ4v) is 6.47. The summed E-state index contributed by atoms with van der Waals surface area (Å²) in [6.07, 6.45) is -7.36. The zero-order chi connectivity index (χ0) is 29.1. The minimum absolute atomic E-state index is 0.0709. The van der Waals surface area contributed by atoms with Gasteiger partial charge in [-0.15, -0.1) is 18.1 Å². The van der Waals surface area contributed by atoms with Gasteiger partial charge in [0.15, 0.2) is 59.9 Å². The van der Waals surface area contributed by atoms with Gasteiger partial charge in [-0.3, -0.25) is 9.13 Å². The highest BCUT2D eigenvalue weighted by Crippen LogP contribution is 2.46. The highest BCUT2D eigenvalue weighted by Gasteiger charge is 2.57. The average Bonchev–Trinajstić information content (AvgIpc) is 3.73. The summed E-state index contributed by atoms with van der Waals surface area (Å²) in [6, 6.07) is 0. The fraction of sp³-hybridized carbons (Fsp3) is 0.500. The predicted octanol–water partition coefficient (Wildman–Crippen LogP) is 1.43. The Labute approximate surface area is 234 Å². The van der Waals surface area contributed by atoms with Crippen LogP contribution in [0.2, 0.25) is 0 Å². The largest absolute Gasteiger partial charge is 0.698 e. The second kappa shape index (κ2) is 10.7. The molecule has 4 aromatic heterocycles. The van der Waals surface area contributed by atoms with Crippen LogP contribution < -0.4 is 11.5 Å². The highest BCUT2D eigenvalue weighted by atomic mass is 31.1. The van der Waals surface area contributed by atoms with E-state index in [9.17, 15) is 9.13 Å². The van der Waals surface area contributed by atoms with Crippen molar-refractivity contribution in [1.29, 1.82) is 0 Å². The summed E-state index contributed by atoms with van der Waals surface area (Å²) < 4.78 is 92.6. The molecular formula is C20H20F2N10O8P2+2. The molecule has 0 spiro atoms. The number of aromatic nitrogens is 8. The first-order chi connectivity index (χ1) is 20.3. The molecule has 10 atom stereocenters.